The summed E-state index contributed by atoms with van der Waals surface area (Å²) in [5, 5.41) is 2.75. The number of nitrogens with zero attached hydrogens (tertiary/aromatic N) is 1. The summed E-state index contributed by atoms with van der Waals surface area (Å²) in [5.74, 6) is 0.898. The Morgan fingerprint density at radius 1 is 1.22 bits per heavy atom. The number of benzene rings is 1. The van der Waals surface area contributed by atoms with Crippen LogP contribution in [0.25, 0.3) is 0 Å². The number of hydrogen-bond donors (Lipinski definition) is 1. The minimum atomic E-state index is -3.58. The number of aryl methyl sites for hydroxylation is 1. The van der Waals surface area contributed by atoms with Gasteiger partial charge in [0, 0.05) is 25.9 Å². The molecule has 2 heterocycles. The lowest BCUT2D eigenvalue weighted by molar-refractivity contribution is -0.116. The smallest absolute Gasteiger partial charge is 0.243 e. The van der Waals surface area contributed by atoms with Crippen molar-refractivity contribution in [2.24, 2.45) is 0 Å². The number of rotatable bonds is 7. The van der Waals surface area contributed by atoms with Crippen molar-refractivity contribution in [3.05, 3.63) is 42.4 Å². The summed E-state index contributed by atoms with van der Waals surface area (Å²) in [6, 6.07) is 8.12. The van der Waals surface area contributed by atoms with Gasteiger partial charge in [0.25, 0.3) is 0 Å². The number of sulfonamides is 1. The highest BCUT2D eigenvalue weighted by Gasteiger charge is 2.27. The van der Waals surface area contributed by atoms with Crippen LogP contribution in [0.5, 0.6) is 5.75 Å². The highest BCUT2D eigenvalue weighted by Crippen LogP contribution is 2.30. The molecule has 0 saturated carbocycles. The monoisotopic (exact) mass is 392 g/mol. The summed E-state index contributed by atoms with van der Waals surface area (Å²) in [6.07, 6.45) is 5.03. The van der Waals surface area contributed by atoms with Gasteiger partial charge in [-0.05, 0) is 43.2 Å². The van der Waals surface area contributed by atoms with Gasteiger partial charge >= 0.3 is 0 Å². The van der Waals surface area contributed by atoms with Crippen molar-refractivity contribution in [1.29, 1.82) is 0 Å². The van der Waals surface area contributed by atoms with E-state index in [-0.39, 0.29) is 17.2 Å². The molecule has 0 spiro atoms. The predicted molar refractivity (Wildman–Crippen MR) is 101 cm³/mol. The average Bonchev–Trinajstić information content (AvgIpc) is 3.20. The molecular formula is C19H24N2O5S. The quantitative estimate of drug-likeness (QED) is 0.782. The molecule has 0 radical (unpaired) electrons. The molecule has 0 bridgehead atoms. The van der Waals surface area contributed by atoms with E-state index >= 15 is 0 Å². The molecule has 1 aliphatic rings. The Labute approximate surface area is 159 Å². The third-order valence-electron chi connectivity index (χ3n) is 4.58. The molecule has 0 atom stereocenters. The standard InChI is InChI=1S/C19H24N2O5S/c1-25-18-9-8-16(27(23,24)21-11-3-2-4-12-21)14-17(18)20-19(22)10-7-15-6-5-13-26-15/h5-6,8-9,13-14H,2-4,7,10-12H2,1H3,(H,20,22). The van der Waals surface area contributed by atoms with Gasteiger partial charge in [0.15, 0.2) is 0 Å². The van der Waals surface area contributed by atoms with E-state index in [9.17, 15) is 13.2 Å². The zero-order valence-corrected chi connectivity index (χ0v) is 16.1. The van der Waals surface area contributed by atoms with E-state index in [4.69, 9.17) is 9.15 Å². The Bertz CT molecular complexity index is 872. The Morgan fingerprint density at radius 2 is 2.00 bits per heavy atom. The number of hydrogen-bond acceptors (Lipinski definition) is 5. The van der Waals surface area contributed by atoms with E-state index in [0.717, 1.165) is 25.0 Å². The Morgan fingerprint density at radius 3 is 2.67 bits per heavy atom. The molecule has 2 aromatic rings. The van der Waals surface area contributed by atoms with Gasteiger partial charge in [0.05, 0.1) is 24.0 Å². The van der Waals surface area contributed by atoms with Crippen LogP contribution in [0.15, 0.2) is 45.9 Å². The van der Waals surface area contributed by atoms with Gasteiger partial charge in [-0.2, -0.15) is 4.31 Å². The molecule has 0 unspecified atom stereocenters. The van der Waals surface area contributed by atoms with Crippen molar-refractivity contribution < 1.29 is 22.4 Å². The Hall–Kier alpha value is -2.32. The molecule has 146 valence electrons. The number of nitrogens with one attached hydrogen (secondary N) is 1. The molecule has 27 heavy (non-hydrogen) atoms. The van der Waals surface area contributed by atoms with Crippen LogP contribution in [0, 0.1) is 0 Å². The van der Waals surface area contributed by atoms with Crippen LogP contribution in [0.3, 0.4) is 0 Å². The van der Waals surface area contributed by atoms with Crippen LogP contribution in [-0.2, 0) is 21.2 Å². The number of furan rings is 1. The van der Waals surface area contributed by atoms with E-state index in [2.05, 4.69) is 5.32 Å². The number of ether oxygens (including phenoxy) is 1. The first-order valence-corrected chi connectivity index (χ1v) is 10.4. The maximum atomic E-state index is 12.9. The van der Waals surface area contributed by atoms with Crippen LogP contribution < -0.4 is 10.1 Å². The van der Waals surface area contributed by atoms with E-state index in [1.807, 2.05) is 0 Å². The second-order valence-electron chi connectivity index (χ2n) is 6.45. The maximum absolute atomic E-state index is 12.9. The van der Waals surface area contributed by atoms with E-state index < -0.39 is 10.0 Å². The summed E-state index contributed by atoms with van der Waals surface area (Å²) in [5.41, 5.74) is 0.347. The summed E-state index contributed by atoms with van der Waals surface area (Å²) in [6.45, 7) is 1.05. The van der Waals surface area contributed by atoms with Gasteiger partial charge in [0.2, 0.25) is 15.9 Å². The molecule has 1 fully saturated rings. The summed E-state index contributed by atoms with van der Waals surface area (Å²) in [7, 11) is -2.10. The number of methoxy groups -OCH3 is 1. The van der Waals surface area contributed by atoms with Crippen molar-refractivity contribution in [1.82, 2.24) is 4.31 Å². The first-order chi connectivity index (χ1) is 13.0. The lowest BCUT2D eigenvalue weighted by Gasteiger charge is -2.26. The highest BCUT2D eigenvalue weighted by molar-refractivity contribution is 7.89. The molecule has 3 rings (SSSR count). The van der Waals surface area contributed by atoms with Gasteiger partial charge in [-0.3, -0.25) is 4.79 Å². The van der Waals surface area contributed by atoms with Crippen molar-refractivity contribution >= 4 is 21.6 Å². The number of carbonyl (C=O) groups excluding carboxylic acids is 1. The van der Waals surface area contributed by atoms with Gasteiger partial charge in [0.1, 0.15) is 11.5 Å². The first-order valence-electron chi connectivity index (χ1n) is 9.01. The third kappa shape index (κ3) is 4.70. The Balaban J connectivity index is 1.75. The number of amides is 1. The predicted octanol–water partition coefficient (Wildman–Crippen LogP) is 3.03. The Kier molecular flexibility index (Phi) is 6.18. The zero-order chi connectivity index (χ0) is 19.3. The molecular weight excluding hydrogens is 368 g/mol. The normalized spacial score (nSPS) is 15.4. The van der Waals surface area contributed by atoms with E-state index in [1.165, 1.54) is 23.5 Å². The van der Waals surface area contributed by atoms with Crippen LogP contribution in [0.4, 0.5) is 5.69 Å². The molecule has 1 aliphatic heterocycles. The van der Waals surface area contributed by atoms with Gasteiger partial charge in [-0.25, -0.2) is 8.42 Å². The van der Waals surface area contributed by atoms with Crippen molar-refractivity contribution in [3.8, 4) is 5.75 Å². The highest BCUT2D eigenvalue weighted by atomic mass is 32.2. The number of anilines is 1. The first kappa shape index (κ1) is 19.4. The van der Waals surface area contributed by atoms with Crippen LogP contribution in [-0.4, -0.2) is 38.8 Å². The second kappa shape index (κ2) is 8.58. The zero-order valence-electron chi connectivity index (χ0n) is 15.3. The number of piperidine rings is 1. The molecule has 7 nitrogen and oxygen atoms in total. The van der Waals surface area contributed by atoms with Crippen LogP contribution in [0.1, 0.15) is 31.4 Å². The molecule has 1 aromatic heterocycles. The van der Waals surface area contributed by atoms with Gasteiger partial charge in [-0.15, -0.1) is 0 Å². The molecule has 8 heteroatoms. The van der Waals surface area contributed by atoms with Crippen molar-refractivity contribution in [2.75, 3.05) is 25.5 Å². The van der Waals surface area contributed by atoms with Crippen LogP contribution in [0.2, 0.25) is 0 Å². The fraction of sp³-hybridized carbons (Fsp3) is 0.421. The minimum absolute atomic E-state index is 0.159. The second-order valence-corrected chi connectivity index (χ2v) is 8.39. The molecule has 1 saturated heterocycles. The number of carbonyl (C=O) groups is 1. The minimum Gasteiger partial charge on any atom is -0.495 e. The molecule has 1 amide bonds. The molecule has 1 N–H and O–H groups in total. The average molecular weight is 392 g/mol. The molecule has 1 aromatic carbocycles. The lowest BCUT2D eigenvalue weighted by atomic mass is 10.2. The summed E-state index contributed by atoms with van der Waals surface area (Å²) in [4.78, 5) is 12.4. The summed E-state index contributed by atoms with van der Waals surface area (Å²) >= 11 is 0. The fourth-order valence-electron chi connectivity index (χ4n) is 3.10. The van der Waals surface area contributed by atoms with Crippen LogP contribution >= 0.6 is 0 Å². The fourth-order valence-corrected chi connectivity index (χ4v) is 4.65. The van der Waals surface area contributed by atoms with Gasteiger partial charge < -0.3 is 14.5 Å². The van der Waals surface area contributed by atoms with Gasteiger partial charge in [-0.1, -0.05) is 6.42 Å². The third-order valence-corrected chi connectivity index (χ3v) is 6.47. The summed E-state index contributed by atoms with van der Waals surface area (Å²) < 4.78 is 37.7. The van der Waals surface area contributed by atoms with Crippen molar-refractivity contribution in [2.45, 2.75) is 37.0 Å². The largest absolute Gasteiger partial charge is 0.495 e. The van der Waals surface area contributed by atoms with E-state index in [0.29, 0.717) is 30.9 Å². The van der Waals surface area contributed by atoms with E-state index in [1.54, 1.807) is 24.5 Å². The SMILES string of the molecule is COc1ccc(S(=O)(=O)N2CCCCC2)cc1NC(=O)CCc1ccco1. The molecule has 0 aliphatic carbocycles. The van der Waals surface area contributed by atoms with Crippen molar-refractivity contribution in [3.63, 3.8) is 0 Å². The topological polar surface area (TPSA) is 88.9 Å². The maximum Gasteiger partial charge on any atom is 0.243 e. The lowest BCUT2D eigenvalue weighted by Crippen LogP contribution is -2.35.